The third-order valence-corrected chi connectivity index (χ3v) is 3.94. The number of benzene rings is 2. The van der Waals surface area contributed by atoms with E-state index in [1.807, 2.05) is 6.07 Å². The van der Waals surface area contributed by atoms with Crippen LogP contribution in [0.15, 0.2) is 48.8 Å². The zero-order valence-electron chi connectivity index (χ0n) is 12.2. The molecule has 5 nitrogen and oxygen atoms in total. The lowest BCUT2D eigenvalue weighted by atomic mass is 10.2. The van der Waals surface area contributed by atoms with Crippen LogP contribution in [0.4, 0.5) is 10.3 Å². The second-order valence-corrected chi connectivity index (χ2v) is 5.79. The number of aromatic nitrogens is 3. The molecule has 0 fully saturated rings. The molecule has 0 saturated carbocycles. The van der Waals surface area contributed by atoms with Gasteiger partial charge in [0.1, 0.15) is 12.1 Å². The maximum Gasteiger partial charge on any atom is 0.258 e. The quantitative estimate of drug-likeness (QED) is 0.760. The van der Waals surface area contributed by atoms with Gasteiger partial charge < -0.3 is 0 Å². The number of carbonyl (C=O) groups is 1. The summed E-state index contributed by atoms with van der Waals surface area (Å²) in [6, 6.07) is 10.5. The molecule has 0 atom stereocenters. The molecular weight excluding hydrogens is 354 g/mol. The zero-order chi connectivity index (χ0) is 17.1. The summed E-state index contributed by atoms with van der Waals surface area (Å²) < 4.78 is 14.4. The number of amides is 1. The van der Waals surface area contributed by atoms with E-state index in [0.29, 0.717) is 22.2 Å². The van der Waals surface area contributed by atoms with E-state index >= 15 is 0 Å². The Morgan fingerprint density at radius 3 is 2.58 bits per heavy atom. The monoisotopic (exact) mass is 364 g/mol. The van der Waals surface area contributed by atoms with Gasteiger partial charge in [-0.1, -0.05) is 29.3 Å². The summed E-state index contributed by atoms with van der Waals surface area (Å²) in [4.78, 5) is 16.0. The van der Waals surface area contributed by atoms with Crippen molar-refractivity contribution >= 4 is 35.1 Å². The molecular formula is C16H11Cl2FN4O. The number of anilines is 1. The molecule has 3 aromatic rings. The van der Waals surface area contributed by atoms with Crippen molar-refractivity contribution in [2.24, 2.45) is 0 Å². The van der Waals surface area contributed by atoms with Crippen LogP contribution < -0.4 is 5.32 Å². The van der Waals surface area contributed by atoms with Crippen LogP contribution in [-0.2, 0) is 6.54 Å². The van der Waals surface area contributed by atoms with Crippen molar-refractivity contribution in [3.63, 3.8) is 0 Å². The van der Waals surface area contributed by atoms with E-state index in [1.165, 1.54) is 30.6 Å². The highest BCUT2D eigenvalue weighted by atomic mass is 35.5. The molecule has 1 amide bonds. The van der Waals surface area contributed by atoms with E-state index in [9.17, 15) is 9.18 Å². The minimum absolute atomic E-state index is 0.157. The van der Waals surface area contributed by atoms with Crippen LogP contribution in [0, 0.1) is 5.82 Å². The smallest absolute Gasteiger partial charge is 0.258 e. The summed E-state index contributed by atoms with van der Waals surface area (Å²) in [6.45, 7) is 0.427. The Kier molecular flexibility index (Phi) is 4.78. The Bertz CT molecular complexity index is 880. The molecule has 122 valence electrons. The summed E-state index contributed by atoms with van der Waals surface area (Å²) in [6.07, 6.45) is 1.49. The topological polar surface area (TPSA) is 59.8 Å². The molecule has 0 saturated heterocycles. The van der Waals surface area contributed by atoms with Gasteiger partial charge >= 0.3 is 0 Å². The summed E-state index contributed by atoms with van der Waals surface area (Å²) in [5, 5.41) is 7.65. The SMILES string of the molecule is O=C(Nc1ncn(Cc2ccc(Cl)c(Cl)c2)n1)c1ccc(F)cc1. The standard InChI is InChI=1S/C16H11Cl2FN4O/c17-13-6-1-10(7-14(13)18)8-23-9-20-16(22-23)21-15(24)11-2-4-12(19)5-3-11/h1-7,9H,8H2,(H,21,22,24). The maximum atomic E-state index is 12.9. The highest BCUT2D eigenvalue weighted by Gasteiger charge is 2.09. The number of hydrogen-bond donors (Lipinski definition) is 1. The summed E-state index contributed by atoms with van der Waals surface area (Å²) in [7, 11) is 0. The average Bonchev–Trinajstić information content (AvgIpc) is 2.98. The first-order valence-corrected chi connectivity index (χ1v) is 7.67. The van der Waals surface area contributed by atoms with Crippen LogP contribution >= 0.6 is 23.2 Å². The average molecular weight is 365 g/mol. The maximum absolute atomic E-state index is 12.9. The lowest BCUT2D eigenvalue weighted by Crippen LogP contribution is -2.13. The molecule has 2 aromatic carbocycles. The number of carbonyl (C=O) groups excluding carboxylic acids is 1. The number of nitrogens with zero attached hydrogens (tertiary/aromatic N) is 3. The van der Waals surface area contributed by atoms with Crippen LogP contribution in [0.2, 0.25) is 10.0 Å². The van der Waals surface area contributed by atoms with E-state index in [1.54, 1.807) is 16.8 Å². The Labute approximate surface area is 147 Å². The summed E-state index contributed by atoms with van der Waals surface area (Å²) >= 11 is 11.8. The highest BCUT2D eigenvalue weighted by Crippen LogP contribution is 2.22. The van der Waals surface area contributed by atoms with E-state index < -0.39 is 11.7 Å². The zero-order valence-corrected chi connectivity index (χ0v) is 13.7. The fraction of sp³-hybridized carbons (Fsp3) is 0.0625. The van der Waals surface area contributed by atoms with Gasteiger partial charge in [0.25, 0.3) is 5.91 Å². The molecule has 8 heteroatoms. The lowest BCUT2D eigenvalue weighted by Gasteiger charge is -2.03. The highest BCUT2D eigenvalue weighted by molar-refractivity contribution is 6.42. The number of nitrogens with one attached hydrogen (secondary N) is 1. The summed E-state index contributed by atoms with van der Waals surface area (Å²) in [5.41, 5.74) is 1.21. The molecule has 1 aromatic heterocycles. The van der Waals surface area contributed by atoms with Gasteiger partial charge in [0.2, 0.25) is 5.95 Å². The minimum atomic E-state index is -0.415. The van der Waals surface area contributed by atoms with Gasteiger partial charge in [-0.3, -0.25) is 10.1 Å². The molecule has 1 heterocycles. The molecule has 0 aliphatic rings. The van der Waals surface area contributed by atoms with Crippen molar-refractivity contribution in [1.29, 1.82) is 0 Å². The largest absolute Gasteiger partial charge is 0.289 e. The van der Waals surface area contributed by atoms with Gasteiger partial charge in [-0.25, -0.2) is 14.1 Å². The molecule has 3 rings (SSSR count). The van der Waals surface area contributed by atoms with Crippen molar-refractivity contribution in [1.82, 2.24) is 14.8 Å². The molecule has 0 aliphatic carbocycles. The first kappa shape index (κ1) is 16.4. The number of rotatable bonds is 4. The second-order valence-electron chi connectivity index (χ2n) is 4.98. The predicted octanol–water partition coefficient (Wildman–Crippen LogP) is 4.02. The van der Waals surface area contributed by atoms with Gasteiger partial charge in [0.05, 0.1) is 16.6 Å². The first-order valence-electron chi connectivity index (χ1n) is 6.91. The molecule has 0 bridgehead atoms. The van der Waals surface area contributed by atoms with Gasteiger partial charge in [0.15, 0.2) is 0 Å². The van der Waals surface area contributed by atoms with E-state index in [-0.39, 0.29) is 5.95 Å². The Morgan fingerprint density at radius 2 is 1.88 bits per heavy atom. The van der Waals surface area contributed by atoms with Crippen molar-refractivity contribution in [3.8, 4) is 0 Å². The first-order chi connectivity index (χ1) is 11.5. The third-order valence-electron chi connectivity index (χ3n) is 3.20. The Morgan fingerprint density at radius 1 is 1.12 bits per heavy atom. The van der Waals surface area contributed by atoms with Crippen molar-refractivity contribution in [2.75, 3.05) is 5.32 Å². The van der Waals surface area contributed by atoms with E-state index in [4.69, 9.17) is 23.2 Å². The van der Waals surface area contributed by atoms with Crippen LogP contribution in [0.3, 0.4) is 0 Å². The van der Waals surface area contributed by atoms with E-state index in [0.717, 1.165) is 5.56 Å². The lowest BCUT2D eigenvalue weighted by molar-refractivity contribution is 0.102. The molecule has 0 radical (unpaired) electrons. The van der Waals surface area contributed by atoms with Gasteiger partial charge in [-0.2, -0.15) is 0 Å². The fourth-order valence-electron chi connectivity index (χ4n) is 2.03. The van der Waals surface area contributed by atoms with Gasteiger partial charge in [-0.05, 0) is 42.0 Å². The number of hydrogen-bond acceptors (Lipinski definition) is 3. The molecule has 0 unspecified atom stereocenters. The van der Waals surface area contributed by atoms with Crippen molar-refractivity contribution < 1.29 is 9.18 Å². The normalized spacial score (nSPS) is 10.6. The van der Waals surface area contributed by atoms with E-state index in [2.05, 4.69) is 15.4 Å². The van der Waals surface area contributed by atoms with Crippen LogP contribution in [0.25, 0.3) is 0 Å². The second kappa shape index (κ2) is 6.98. The van der Waals surface area contributed by atoms with Crippen molar-refractivity contribution in [3.05, 3.63) is 75.8 Å². The minimum Gasteiger partial charge on any atom is -0.289 e. The summed E-state index contributed by atoms with van der Waals surface area (Å²) in [5.74, 6) is -0.665. The fourth-order valence-corrected chi connectivity index (χ4v) is 2.35. The van der Waals surface area contributed by atoms with Crippen LogP contribution in [-0.4, -0.2) is 20.7 Å². The third kappa shape index (κ3) is 3.90. The molecule has 0 spiro atoms. The van der Waals surface area contributed by atoms with Crippen LogP contribution in [0.1, 0.15) is 15.9 Å². The molecule has 1 N–H and O–H groups in total. The van der Waals surface area contributed by atoms with Crippen molar-refractivity contribution in [2.45, 2.75) is 6.54 Å². The molecule has 24 heavy (non-hydrogen) atoms. The Hall–Kier alpha value is -2.44. The van der Waals surface area contributed by atoms with Crippen LogP contribution in [0.5, 0.6) is 0 Å². The van der Waals surface area contributed by atoms with Gasteiger partial charge in [-0.15, -0.1) is 5.10 Å². The van der Waals surface area contributed by atoms with Gasteiger partial charge in [0, 0.05) is 5.56 Å². The molecule has 0 aliphatic heterocycles. The number of halogens is 3. The Balaban J connectivity index is 1.67. The predicted molar refractivity (Wildman–Crippen MR) is 89.9 cm³/mol.